The molecule has 0 aliphatic carbocycles. The van der Waals surface area contributed by atoms with Crippen LogP contribution in [0.1, 0.15) is 48.2 Å². The van der Waals surface area contributed by atoms with E-state index in [0.29, 0.717) is 18.6 Å². The third-order valence-corrected chi connectivity index (χ3v) is 5.67. The van der Waals surface area contributed by atoms with Crippen LogP contribution in [-0.2, 0) is 4.74 Å². The highest BCUT2D eigenvalue weighted by Gasteiger charge is 2.27. The average Bonchev–Trinajstić information content (AvgIpc) is 3.06. The first-order chi connectivity index (χ1) is 13.1. The maximum atomic E-state index is 6.74. The summed E-state index contributed by atoms with van der Waals surface area (Å²) in [6, 6.07) is 8.80. The van der Waals surface area contributed by atoms with Gasteiger partial charge in [-0.2, -0.15) is 4.98 Å². The molecule has 2 saturated heterocycles. The lowest BCUT2D eigenvalue weighted by Gasteiger charge is -2.31. The van der Waals surface area contributed by atoms with Crippen LogP contribution in [-0.4, -0.2) is 36.3 Å². The van der Waals surface area contributed by atoms with Crippen LogP contribution in [0.15, 0.2) is 24.3 Å². The van der Waals surface area contributed by atoms with Crippen LogP contribution in [0.3, 0.4) is 0 Å². The van der Waals surface area contributed by atoms with Crippen molar-refractivity contribution < 1.29 is 4.74 Å². The van der Waals surface area contributed by atoms with Gasteiger partial charge in [0.1, 0.15) is 5.82 Å². The van der Waals surface area contributed by atoms with Crippen LogP contribution >= 0.6 is 11.6 Å². The number of rotatable bonds is 3. The molecule has 1 aromatic carbocycles. The summed E-state index contributed by atoms with van der Waals surface area (Å²) in [6.07, 6.45) is 3.30. The summed E-state index contributed by atoms with van der Waals surface area (Å²) in [7, 11) is 0. The second kappa shape index (κ2) is 8.00. The van der Waals surface area contributed by atoms with Crippen molar-refractivity contribution >= 4 is 23.4 Å². The van der Waals surface area contributed by atoms with Crippen LogP contribution in [0.2, 0.25) is 5.02 Å². The van der Waals surface area contributed by atoms with E-state index in [1.807, 2.05) is 13.0 Å². The van der Waals surface area contributed by atoms with Gasteiger partial charge in [0.05, 0.1) is 12.6 Å². The van der Waals surface area contributed by atoms with Crippen LogP contribution < -0.4 is 16.0 Å². The molecule has 3 heterocycles. The van der Waals surface area contributed by atoms with Gasteiger partial charge in [0.15, 0.2) is 0 Å². The Labute approximate surface area is 165 Å². The number of nitrogens with two attached hydrogens (primary N) is 1. The Morgan fingerprint density at radius 3 is 2.89 bits per heavy atom. The van der Waals surface area contributed by atoms with Crippen molar-refractivity contribution in [2.45, 2.75) is 38.3 Å². The number of hydrogen-bond acceptors (Lipinski definition) is 6. The lowest BCUT2D eigenvalue weighted by atomic mass is 9.99. The highest BCUT2D eigenvalue weighted by Crippen LogP contribution is 2.35. The monoisotopic (exact) mass is 387 g/mol. The van der Waals surface area contributed by atoms with Crippen molar-refractivity contribution in [3.63, 3.8) is 0 Å². The zero-order valence-electron chi connectivity index (χ0n) is 15.6. The molecule has 2 aliphatic heterocycles. The standard InChI is InChI=1S/C20H26ClN5O/c1-13-10-19(25-20(22)24-13)26-8-3-9-27-12-18(26)15-6-5-14(11-16(15)21)17-4-2-7-23-17/h5-6,10-11,17-18,23H,2-4,7-9,12H2,1H3,(H2,22,24,25)/t17-,18+/m1/s1. The van der Waals surface area contributed by atoms with Crippen LogP contribution in [0, 0.1) is 6.92 Å². The second-order valence-electron chi connectivity index (χ2n) is 7.29. The Bertz CT molecular complexity index is 789. The van der Waals surface area contributed by atoms with Crippen molar-refractivity contribution in [1.29, 1.82) is 0 Å². The van der Waals surface area contributed by atoms with Crippen molar-refractivity contribution in [3.05, 3.63) is 46.1 Å². The molecule has 0 spiro atoms. The van der Waals surface area contributed by atoms with E-state index in [4.69, 9.17) is 22.1 Å². The SMILES string of the molecule is Cc1cc(N2CCCOC[C@H]2c2ccc([C@H]3CCCN3)cc2Cl)nc(N)n1. The molecule has 2 aromatic rings. The van der Waals surface area contributed by atoms with Crippen LogP contribution in [0.4, 0.5) is 11.8 Å². The fourth-order valence-electron chi connectivity index (χ4n) is 4.03. The molecule has 2 atom stereocenters. The normalized spacial score (nSPS) is 23.4. The van der Waals surface area contributed by atoms with Crippen LogP contribution in [0.5, 0.6) is 0 Å². The number of halogens is 1. The number of ether oxygens (including phenoxy) is 1. The molecule has 1 aromatic heterocycles. The zero-order valence-corrected chi connectivity index (χ0v) is 16.4. The molecule has 2 fully saturated rings. The first-order valence-electron chi connectivity index (χ1n) is 9.60. The van der Waals surface area contributed by atoms with Gasteiger partial charge in [-0.1, -0.05) is 23.7 Å². The lowest BCUT2D eigenvalue weighted by molar-refractivity contribution is 0.134. The average molecular weight is 388 g/mol. The van der Waals surface area contributed by atoms with E-state index < -0.39 is 0 Å². The number of nitrogens with zero attached hydrogens (tertiary/aromatic N) is 3. The molecule has 7 heteroatoms. The number of aromatic nitrogens is 2. The summed E-state index contributed by atoms with van der Waals surface area (Å²) in [5.41, 5.74) is 9.07. The van der Waals surface area contributed by atoms with Gasteiger partial charge in [0.2, 0.25) is 5.95 Å². The number of aryl methyl sites for hydroxylation is 1. The quantitative estimate of drug-likeness (QED) is 0.840. The molecule has 27 heavy (non-hydrogen) atoms. The Morgan fingerprint density at radius 2 is 2.15 bits per heavy atom. The predicted molar refractivity (Wildman–Crippen MR) is 108 cm³/mol. The first kappa shape index (κ1) is 18.5. The topological polar surface area (TPSA) is 76.3 Å². The van der Waals surface area contributed by atoms with E-state index in [0.717, 1.165) is 54.6 Å². The number of nitrogen functional groups attached to an aromatic ring is 1. The highest BCUT2D eigenvalue weighted by molar-refractivity contribution is 6.31. The van der Waals surface area contributed by atoms with Gasteiger partial charge in [-0.25, -0.2) is 4.98 Å². The molecular formula is C20H26ClN5O. The molecule has 144 valence electrons. The Balaban J connectivity index is 1.68. The highest BCUT2D eigenvalue weighted by atomic mass is 35.5. The van der Waals surface area contributed by atoms with Crippen LogP contribution in [0.25, 0.3) is 0 Å². The molecule has 3 N–H and O–H groups in total. The van der Waals surface area contributed by atoms with E-state index in [-0.39, 0.29) is 6.04 Å². The largest absolute Gasteiger partial charge is 0.379 e. The molecule has 0 radical (unpaired) electrons. The molecule has 2 aliphatic rings. The number of anilines is 2. The molecule has 4 rings (SSSR count). The van der Waals surface area contributed by atoms with Crippen molar-refractivity contribution in [2.75, 3.05) is 36.9 Å². The second-order valence-corrected chi connectivity index (χ2v) is 7.70. The molecular weight excluding hydrogens is 362 g/mol. The van der Waals surface area contributed by atoms with Gasteiger partial charge in [0, 0.05) is 36.0 Å². The minimum absolute atomic E-state index is 0.000660. The van der Waals surface area contributed by atoms with Crippen molar-refractivity contribution in [1.82, 2.24) is 15.3 Å². The molecule has 0 bridgehead atoms. The fraction of sp³-hybridized carbons (Fsp3) is 0.500. The molecule has 0 saturated carbocycles. The van der Waals surface area contributed by atoms with Gasteiger partial charge in [-0.05, 0) is 49.9 Å². The van der Waals surface area contributed by atoms with Gasteiger partial charge in [0.25, 0.3) is 0 Å². The van der Waals surface area contributed by atoms with Gasteiger partial charge >= 0.3 is 0 Å². The van der Waals surface area contributed by atoms with Crippen molar-refractivity contribution in [3.8, 4) is 0 Å². The molecule has 0 unspecified atom stereocenters. The van der Waals surface area contributed by atoms with Crippen molar-refractivity contribution in [2.24, 2.45) is 0 Å². The van der Waals surface area contributed by atoms with Gasteiger partial charge < -0.3 is 20.7 Å². The summed E-state index contributed by atoms with van der Waals surface area (Å²) >= 11 is 6.74. The Morgan fingerprint density at radius 1 is 1.26 bits per heavy atom. The fourth-order valence-corrected chi connectivity index (χ4v) is 4.35. The maximum absolute atomic E-state index is 6.74. The zero-order chi connectivity index (χ0) is 18.8. The van der Waals surface area contributed by atoms with E-state index in [1.165, 1.54) is 12.0 Å². The molecule has 0 amide bonds. The summed E-state index contributed by atoms with van der Waals surface area (Å²) in [5.74, 6) is 1.12. The van der Waals surface area contributed by atoms with Gasteiger partial charge in [-0.15, -0.1) is 0 Å². The maximum Gasteiger partial charge on any atom is 0.222 e. The minimum Gasteiger partial charge on any atom is -0.379 e. The minimum atomic E-state index is -0.000660. The lowest BCUT2D eigenvalue weighted by Crippen LogP contribution is -2.32. The van der Waals surface area contributed by atoms with E-state index in [9.17, 15) is 0 Å². The number of hydrogen-bond donors (Lipinski definition) is 2. The third kappa shape index (κ3) is 4.03. The number of benzene rings is 1. The first-order valence-corrected chi connectivity index (χ1v) is 9.98. The molecule has 6 nitrogen and oxygen atoms in total. The Kier molecular flexibility index (Phi) is 5.48. The predicted octanol–water partition coefficient (Wildman–Crippen LogP) is 3.41. The third-order valence-electron chi connectivity index (χ3n) is 5.34. The van der Waals surface area contributed by atoms with E-state index in [1.54, 1.807) is 0 Å². The summed E-state index contributed by atoms with van der Waals surface area (Å²) in [6.45, 7) is 5.14. The van der Waals surface area contributed by atoms with E-state index in [2.05, 4.69) is 38.4 Å². The summed E-state index contributed by atoms with van der Waals surface area (Å²) < 4.78 is 5.87. The van der Waals surface area contributed by atoms with E-state index >= 15 is 0 Å². The summed E-state index contributed by atoms with van der Waals surface area (Å²) in [4.78, 5) is 10.9. The summed E-state index contributed by atoms with van der Waals surface area (Å²) in [5, 5.41) is 4.31. The Hall–Kier alpha value is -1.89. The smallest absolute Gasteiger partial charge is 0.222 e. The van der Waals surface area contributed by atoms with Gasteiger partial charge in [-0.3, -0.25) is 0 Å². The number of nitrogens with one attached hydrogen (secondary N) is 1.